The van der Waals surface area contributed by atoms with Crippen LogP contribution < -0.4 is 10.5 Å². The van der Waals surface area contributed by atoms with Gasteiger partial charge >= 0.3 is 5.97 Å². The summed E-state index contributed by atoms with van der Waals surface area (Å²) in [7, 11) is 2.97. The minimum atomic E-state index is -0.747. The lowest BCUT2D eigenvalue weighted by Crippen LogP contribution is -2.34. The van der Waals surface area contributed by atoms with Crippen molar-refractivity contribution in [1.29, 1.82) is 0 Å². The number of aromatic nitrogens is 2. The number of hydrogen-bond donors (Lipinski definition) is 1. The largest absolute Gasteiger partial charge is 0.497 e. The van der Waals surface area contributed by atoms with Crippen molar-refractivity contribution in [1.82, 2.24) is 9.38 Å². The Morgan fingerprint density at radius 3 is 2.60 bits per heavy atom. The van der Waals surface area contributed by atoms with Crippen LogP contribution in [0.5, 0.6) is 5.75 Å². The van der Waals surface area contributed by atoms with Gasteiger partial charge in [0.2, 0.25) is 0 Å². The number of imidazole rings is 1. The first-order valence-electron chi connectivity index (χ1n) is 7.99. The molecular formula is C19H21N3O3. The molecule has 1 unspecified atom stereocenters. The van der Waals surface area contributed by atoms with Crippen molar-refractivity contribution in [2.45, 2.75) is 19.4 Å². The summed E-state index contributed by atoms with van der Waals surface area (Å²) in [5, 5.41) is 0. The number of rotatable bonds is 5. The summed E-state index contributed by atoms with van der Waals surface area (Å²) < 4.78 is 11.9. The third kappa shape index (κ3) is 3.34. The predicted octanol–water partition coefficient (Wildman–Crippen LogP) is 2.36. The van der Waals surface area contributed by atoms with E-state index in [0.29, 0.717) is 6.42 Å². The zero-order chi connectivity index (χ0) is 18.0. The second-order valence-corrected chi connectivity index (χ2v) is 5.90. The Balaban J connectivity index is 2.11. The lowest BCUT2D eigenvalue weighted by Gasteiger charge is -2.11. The second kappa shape index (κ2) is 6.94. The highest BCUT2D eigenvalue weighted by Gasteiger charge is 2.21. The SMILES string of the molecule is COC(=O)C(N)Cc1c(-c2ccc(OC)cc2)nc2cc(C)ccn12. The molecule has 3 rings (SSSR count). The van der Waals surface area contributed by atoms with E-state index in [0.717, 1.165) is 33.9 Å². The number of pyridine rings is 1. The maximum Gasteiger partial charge on any atom is 0.323 e. The standard InChI is InChI=1S/C19H21N3O3/c1-12-8-9-22-16(11-15(20)19(23)25-3)18(21-17(22)10-12)13-4-6-14(24-2)7-5-13/h4-10,15H,11,20H2,1-3H3. The fraction of sp³-hybridized carbons (Fsp3) is 0.263. The molecule has 1 atom stereocenters. The lowest BCUT2D eigenvalue weighted by molar-refractivity contribution is -0.142. The van der Waals surface area contributed by atoms with Crippen LogP contribution in [0, 0.1) is 6.92 Å². The van der Waals surface area contributed by atoms with Gasteiger partial charge in [-0.25, -0.2) is 4.98 Å². The zero-order valence-corrected chi connectivity index (χ0v) is 14.5. The first kappa shape index (κ1) is 17.0. The van der Waals surface area contributed by atoms with Gasteiger partial charge in [-0.3, -0.25) is 4.79 Å². The van der Waals surface area contributed by atoms with Gasteiger partial charge in [0.25, 0.3) is 0 Å². The number of fused-ring (bicyclic) bond motifs is 1. The average molecular weight is 339 g/mol. The van der Waals surface area contributed by atoms with E-state index < -0.39 is 12.0 Å². The van der Waals surface area contributed by atoms with Crippen LogP contribution in [0.2, 0.25) is 0 Å². The van der Waals surface area contributed by atoms with Gasteiger partial charge in [0.15, 0.2) is 0 Å². The molecule has 0 aliphatic rings. The van der Waals surface area contributed by atoms with E-state index in [1.54, 1.807) is 7.11 Å². The zero-order valence-electron chi connectivity index (χ0n) is 14.5. The molecule has 130 valence electrons. The second-order valence-electron chi connectivity index (χ2n) is 5.90. The highest BCUT2D eigenvalue weighted by atomic mass is 16.5. The Kier molecular flexibility index (Phi) is 4.72. The molecule has 0 spiro atoms. The van der Waals surface area contributed by atoms with Crippen LogP contribution in [-0.2, 0) is 16.0 Å². The maximum absolute atomic E-state index is 11.8. The maximum atomic E-state index is 11.8. The van der Waals surface area contributed by atoms with Crippen LogP contribution in [-0.4, -0.2) is 35.6 Å². The van der Waals surface area contributed by atoms with Crippen LogP contribution in [0.15, 0.2) is 42.6 Å². The first-order valence-corrected chi connectivity index (χ1v) is 7.99. The van der Waals surface area contributed by atoms with E-state index in [4.69, 9.17) is 20.2 Å². The summed E-state index contributed by atoms with van der Waals surface area (Å²) >= 11 is 0. The van der Waals surface area contributed by atoms with Crippen LogP contribution in [0.3, 0.4) is 0 Å². The molecule has 25 heavy (non-hydrogen) atoms. The Labute approximate surface area is 146 Å². The van der Waals surface area contributed by atoms with Gasteiger partial charge in [0.05, 0.1) is 25.6 Å². The van der Waals surface area contributed by atoms with Crippen molar-refractivity contribution >= 4 is 11.6 Å². The van der Waals surface area contributed by atoms with Crippen molar-refractivity contribution in [3.05, 3.63) is 53.9 Å². The molecule has 0 aliphatic carbocycles. The number of ether oxygens (including phenoxy) is 2. The van der Waals surface area contributed by atoms with Gasteiger partial charge < -0.3 is 19.6 Å². The summed E-state index contributed by atoms with van der Waals surface area (Å²) in [4.78, 5) is 16.5. The van der Waals surface area contributed by atoms with Crippen LogP contribution >= 0.6 is 0 Å². The lowest BCUT2D eigenvalue weighted by atomic mass is 10.1. The highest BCUT2D eigenvalue weighted by molar-refractivity contribution is 5.77. The van der Waals surface area contributed by atoms with E-state index in [2.05, 4.69) is 0 Å². The number of carbonyl (C=O) groups is 1. The van der Waals surface area contributed by atoms with Crippen molar-refractivity contribution in [3.8, 4) is 17.0 Å². The molecule has 0 saturated carbocycles. The van der Waals surface area contributed by atoms with Crippen molar-refractivity contribution in [2.75, 3.05) is 14.2 Å². The van der Waals surface area contributed by atoms with Gasteiger partial charge in [-0.05, 0) is 48.9 Å². The molecule has 0 fully saturated rings. The van der Waals surface area contributed by atoms with E-state index >= 15 is 0 Å². The molecule has 1 aromatic carbocycles. The van der Waals surface area contributed by atoms with Gasteiger partial charge in [-0.2, -0.15) is 0 Å². The summed E-state index contributed by atoms with van der Waals surface area (Å²) in [6, 6.07) is 10.9. The Hall–Kier alpha value is -2.86. The fourth-order valence-corrected chi connectivity index (χ4v) is 2.82. The number of hydrogen-bond acceptors (Lipinski definition) is 5. The Morgan fingerprint density at radius 2 is 1.96 bits per heavy atom. The molecule has 2 aromatic heterocycles. The third-order valence-corrected chi connectivity index (χ3v) is 4.16. The smallest absolute Gasteiger partial charge is 0.323 e. The number of methoxy groups -OCH3 is 2. The molecule has 0 radical (unpaired) electrons. The molecule has 3 aromatic rings. The summed E-state index contributed by atoms with van der Waals surface area (Å²) in [6.45, 7) is 2.02. The average Bonchev–Trinajstić information content (AvgIpc) is 2.98. The number of carbonyl (C=O) groups excluding carboxylic acids is 1. The van der Waals surface area contributed by atoms with Gasteiger partial charge in [0, 0.05) is 18.2 Å². The fourth-order valence-electron chi connectivity index (χ4n) is 2.82. The van der Waals surface area contributed by atoms with E-state index in [1.807, 2.05) is 53.9 Å². The Bertz CT molecular complexity index is 900. The molecule has 2 heterocycles. The normalized spacial score (nSPS) is 12.2. The molecule has 6 heteroatoms. The quantitative estimate of drug-likeness (QED) is 0.722. The highest BCUT2D eigenvalue weighted by Crippen LogP contribution is 2.27. The number of nitrogens with zero attached hydrogens (tertiary/aromatic N) is 2. The number of aryl methyl sites for hydroxylation is 1. The minimum Gasteiger partial charge on any atom is -0.497 e. The van der Waals surface area contributed by atoms with Crippen molar-refractivity contribution in [2.24, 2.45) is 5.73 Å². The predicted molar refractivity (Wildman–Crippen MR) is 95.6 cm³/mol. The van der Waals surface area contributed by atoms with Gasteiger partial charge in [0.1, 0.15) is 17.4 Å². The molecule has 0 saturated heterocycles. The van der Waals surface area contributed by atoms with E-state index in [-0.39, 0.29) is 0 Å². The van der Waals surface area contributed by atoms with Crippen LogP contribution in [0.1, 0.15) is 11.3 Å². The number of esters is 1. The summed E-state index contributed by atoms with van der Waals surface area (Å²) in [6.07, 6.45) is 2.28. The van der Waals surface area contributed by atoms with Crippen LogP contribution in [0.4, 0.5) is 0 Å². The van der Waals surface area contributed by atoms with Crippen molar-refractivity contribution in [3.63, 3.8) is 0 Å². The molecule has 6 nitrogen and oxygen atoms in total. The van der Waals surface area contributed by atoms with E-state index in [9.17, 15) is 4.79 Å². The number of benzene rings is 1. The van der Waals surface area contributed by atoms with Crippen LogP contribution in [0.25, 0.3) is 16.9 Å². The minimum absolute atomic E-state index is 0.332. The molecule has 0 aliphatic heterocycles. The Morgan fingerprint density at radius 1 is 1.24 bits per heavy atom. The van der Waals surface area contributed by atoms with Crippen molar-refractivity contribution < 1.29 is 14.3 Å². The molecule has 2 N–H and O–H groups in total. The topological polar surface area (TPSA) is 78.8 Å². The van der Waals surface area contributed by atoms with Gasteiger partial charge in [-0.15, -0.1) is 0 Å². The monoisotopic (exact) mass is 339 g/mol. The third-order valence-electron chi connectivity index (χ3n) is 4.16. The number of nitrogens with two attached hydrogens (primary N) is 1. The first-order chi connectivity index (χ1) is 12.0. The summed E-state index contributed by atoms with van der Waals surface area (Å²) in [5.41, 5.74) is 10.5. The molecular weight excluding hydrogens is 318 g/mol. The summed E-state index contributed by atoms with van der Waals surface area (Å²) in [5.74, 6) is 0.332. The van der Waals surface area contributed by atoms with E-state index in [1.165, 1.54) is 7.11 Å². The molecule has 0 amide bonds. The molecule has 0 bridgehead atoms. The van der Waals surface area contributed by atoms with Gasteiger partial charge in [-0.1, -0.05) is 0 Å².